The van der Waals surface area contributed by atoms with Gasteiger partial charge in [0.15, 0.2) is 5.58 Å². The molecule has 26 heavy (non-hydrogen) atoms. The van der Waals surface area contributed by atoms with Crippen LogP contribution in [0, 0.1) is 5.92 Å². The fourth-order valence-electron chi connectivity index (χ4n) is 3.28. The van der Waals surface area contributed by atoms with E-state index in [4.69, 9.17) is 8.83 Å². The van der Waals surface area contributed by atoms with Crippen LogP contribution in [-0.2, 0) is 18.6 Å². The number of aryl methyl sites for hydroxylation is 1. The number of hydrogen-bond acceptors (Lipinski definition) is 7. The lowest BCUT2D eigenvalue weighted by molar-refractivity contribution is 0.465. The Kier molecular flexibility index (Phi) is 4.05. The second kappa shape index (κ2) is 6.55. The lowest BCUT2D eigenvalue weighted by atomic mass is 9.90. The average Bonchev–Trinajstić information content (AvgIpc) is 3.36. The van der Waals surface area contributed by atoms with Crippen molar-refractivity contribution in [2.24, 2.45) is 5.92 Å². The third-order valence-electron chi connectivity index (χ3n) is 4.60. The summed E-state index contributed by atoms with van der Waals surface area (Å²) in [4.78, 5) is 7.01. The Bertz CT molecular complexity index is 1030. The normalized spacial score (nSPS) is 16.9. The van der Waals surface area contributed by atoms with Crippen molar-refractivity contribution < 1.29 is 8.83 Å². The topological polar surface area (TPSA) is 65.0 Å². The summed E-state index contributed by atoms with van der Waals surface area (Å²) in [6, 6.07) is 9.97. The summed E-state index contributed by atoms with van der Waals surface area (Å²) < 4.78 is 11.6. The van der Waals surface area contributed by atoms with E-state index in [1.807, 2.05) is 24.3 Å². The third kappa shape index (κ3) is 3.05. The molecule has 0 bridgehead atoms. The van der Waals surface area contributed by atoms with E-state index in [-0.39, 0.29) is 0 Å². The van der Waals surface area contributed by atoms with E-state index < -0.39 is 0 Å². The van der Waals surface area contributed by atoms with Gasteiger partial charge >= 0.3 is 0 Å². The summed E-state index contributed by atoms with van der Waals surface area (Å²) in [6.45, 7) is 2.31. The predicted octanol–water partition coefficient (Wildman–Crippen LogP) is 5.36. The molecule has 0 fully saturated rings. The third-order valence-corrected chi connectivity index (χ3v) is 6.63. The van der Waals surface area contributed by atoms with Gasteiger partial charge in [0, 0.05) is 4.88 Å². The predicted molar refractivity (Wildman–Crippen MR) is 102 cm³/mol. The van der Waals surface area contributed by atoms with Gasteiger partial charge in [0.1, 0.15) is 5.52 Å². The SMILES string of the molecule is CC1CCc2sc(-c3nnc(SCc4nc5ccccc5o4)o3)cc2C1. The molecule has 1 aromatic carbocycles. The molecule has 5 rings (SSSR count). The van der Waals surface area contributed by atoms with Crippen molar-refractivity contribution in [1.82, 2.24) is 15.2 Å². The molecule has 0 amide bonds. The summed E-state index contributed by atoms with van der Waals surface area (Å²) in [5.74, 6) is 2.60. The molecule has 7 heteroatoms. The molecule has 4 aromatic rings. The second-order valence-corrected chi connectivity index (χ2v) is 8.71. The molecule has 0 saturated carbocycles. The number of aromatic nitrogens is 3. The quantitative estimate of drug-likeness (QED) is 0.442. The Balaban J connectivity index is 1.31. The number of fused-ring (bicyclic) bond motifs is 2. The molecule has 1 unspecified atom stereocenters. The highest BCUT2D eigenvalue weighted by Crippen LogP contribution is 2.37. The zero-order chi connectivity index (χ0) is 17.5. The molecule has 3 aromatic heterocycles. The smallest absolute Gasteiger partial charge is 0.277 e. The number of thiophene rings is 1. The number of benzene rings is 1. The number of thioether (sulfide) groups is 1. The molecular formula is C19H17N3O2S2. The maximum atomic E-state index is 5.85. The van der Waals surface area contributed by atoms with Crippen molar-refractivity contribution in [3.63, 3.8) is 0 Å². The molecule has 1 aliphatic rings. The van der Waals surface area contributed by atoms with E-state index in [1.165, 1.54) is 28.6 Å². The first-order valence-electron chi connectivity index (χ1n) is 8.67. The Labute approximate surface area is 158 Å². The zero-order valence-corrected chi connectivity index (χ0v) is 15.9. The number of para-hydroxylation sites is 2. The largest absolute Gasteiger partial charge is 0.440 e. The van der Waals surface area contributed by atoms with Gasteiger partial charge in [-0.1, -0.05) is 30.8 Å². The van der Waals surface area contributed by atoms with Gasteiger partial charge in [0.25, 0.3) is 11.1 Å². The van der Waals surface area contributed by atoms with Crippen LogP contribution in [0.3, 0.4) is 0 Å². The van der Waals surface area contributed by atoms with Crippen molar-refractivity contribution in [2.75, 3.05) is 0 Å². The van der Waals surface area contributed by atoms with Crippen molar-refractivity contribution >= 4 is 34.2 Å². The molecule has 5 nitrogen and oxygen atoms in total. The van der Waals surface area contributed by atoms with Crippen LogP contribution in [0.15, 0.2) is 44.4 Å². The summed E-state index contributed by atoms with van der Waals surface area (Å²) in [7, 11) is 0. The van der Waals surface area contributed by atoms with Crippen molar-refractivity contribution in [1.29, 1.82) is 0 Å². The minimum absolute atomic E-state index is 0.544. The zero-order valence-electron chi connectivity index (χ0n) is 14.3. The number of hydrogen-bond donors (Lipinski definition) is 0. The second-order valence-electron chi connectivity index (χ2n) is 6.64. The van der Waals surface area contributed by atoms with E-state index in [0.717, 1.165) is 34.7 Å². The first kappa shape index (κ1) is 16.1. The molecular weight excluding hydrogens is 366 g/mol. The maximum absolute atomic E-state index is 5.85. The minimum Gasteiger partial charge on any atom is -0.440 e. The lowest BCUT2D eigenvalue weighted by Crippen LogP contribution is -2.07. The lowest BCUT2D eigenvalue weighted by Gasteiger charge is -2.16. The van der Waals surface area contributed by atoms with E-state index in [1.54, 1.807) is 11.3 Å². The van der Waals surface area contributed by atoms with Crippen LogP contribution in [-0.4, -0.2) is 15.2 Å². The number of oxazole rings is 1. The molecule has 3 heterocycles. The molecule has 0 saturated heterocycles. The van der Waals surface area contributed by atoms with Gasteiger partial charge in [0.05, 0.1) is 10.6 Å². The van der Waals surface area contributed by atoms with Gasteiger partial charge in [-0.25, -0.2) is 4.98 Å². The van der Waals surface area contributed by atoms with Gasteiger partial charge in [-0.2, -0.15) is 0 Å². The van der Waals surface area contributed by atoms with Crippen LogP contribution in [0.2, 0.25) is 0 Å². The van der Waals surface area contributed by atoms with Crippen molar-refractivity contribution in [2.45, 2.75) is 37.2 Å². The van der Waals surface area contributed by atoms with Crippen LogP contribution in [0.4, 0.5) is 0 Å². The van der Waals surface area contributed by atoms with Gasteiger partial charge in [-0.3, -0.25) is 0 Å². The number of nitrogens with zero attached hydrogens (tertiary/aromatic N) is 3. The fraction of sp³-hybridized carbons (Fsp3) is 0.316. The molecule has 0 spiro atoms. The van der Waals surface area contributed by atoms with Crippen LogP contribution in [0.1, 0.15) is 29.7 Å². The molecule has 0 aliphatic heterocycles. The average molecular weight is 383 g/mol. The summed E-state index contributed by atoms with van der Waals surface area (Å²) >= 11 is 3.23. The van der Waals surface area contributed by atoms with Crippen LogP contribution in [0.5, 0.6) is 0 Å². The highest BCUT2D eigenvalue weighted by Gasteiger charge is 2.21. The number of rotatable bonds is 4. The van der Waals surface area contributed by atoms with Crippen molar-refractivity contribution in [3.8, 4) is 10.8 Å². The highest BCUT2D eigenvalue weighted by atomic mass is 32.2. The van der Waals surface area contributed by atoms with E-state index in [0.29, 0.717) is 22.8 Å². The molecule has 0 radical (unpaired) electrons. The minimum atomic E-state index is 0.544. The molecule has 132 valence electrons. The molecule has 1 atom stereocenters. The molecule has 1 aliphatic carbocycles. The van der Waals surface area contributed by atoms with Crippen LogP contribution < -0.4 is 0 Å². The van der Waals surface area contributed by atoms with E-state index in [2.05, 4.69) is 28.2 Å². The standard InChI is InChI=1S/C19H17N3O2S2/c1-11-6-7-15-12(8-11)9-16(26-15)18-21-22-19(24-18)25-10-17-20-13-4-2-3-5-14(13)23-17/h2-5,9,11H,6-8,10H2,1H3. The summed E-state index contributed by atoms with van der Waals surface area (Å²) in [6.07, 6.45) is 3.58. The Morgan fingerprint density at radius 1 is 1.23 bits per heavy atom. The van der Waals surface area contributed by atoms with Crippen molar-refractivity contribution in [3.05, 3.63) is 46.7 Å². The first-order chi connectivity index (χ1) is 12.7. The van der Waals surface area contributed by atoms with Gasteiger partial charge in [0.2, 0.25) is 5.89 Å². The van der Waals surface area contributed by atoms with Gasteiger partial charge in [-0.05, 0) is 48.9 Å². The summed E-state index contributed by atoms with van der Waals surface area (Å²) in [5.41, 5.74) is 3.11. The van der Waals surface area contributed by atoms with E-state index >= 15 is 0 Å². The Morgan fingerprint density at radius 2 is 2.15 bits per heavy atom. The first-order valence-corrected chi connectivity index (χ1v) is 10.5. The summed E-state index contributed by atoms with van der Waals surface area (Å²) in [5, 5.41) is 8.94. The Hall–Kier alpha value is -2.12. The highest BCUT2D eigenvalue weighted by molar-refractivity contribution is 7.98. The van der Waals surface area contributed by atoms with Crippen LogP contribution >= 0.6 is 23.1 Å². The van der Waals surface area contributed by atoms with Crippen LogP contribution in [0.25, 0.3) is 21.9 Å². The van der Waals surface area contributed by atoms with Gasteiger partial charge in [-0.15, -0.1) is 21.5 Å². The maximum Gasteiger partial charge on any atom is 0.277 e. The monoisotopic (exact) mass is 383 g/mol. The van der Waals surface area contributed by atoms with E-state index in [9.17, 15) is 0 Å². The molecule has 0 N–H and O–H groups in total. The fourth-order valence-corrected chi connectivity index (χ4v) is 5.02. The van der Waals surface area contributed by atoms with Gasteiger partial charge < -0.3 is 8.83 Å². The Morgan fingerprint density at radius 3 is 3.08 bits per heavy atom.